The van der Waals surface area contributed by atoms with Gasteiger partial charge in [-0.05, 0) is 37.4 Å². The summed E-state index contributed by atoms with van der Waals surface area (Å²) in [4.78, 5) is 17.1. The second-order valence-corrected chi connectivity index (χ2v) is 6.59. The van der Waals surface area contributed by atoms with Gasteiger partial charge in [0.25, 0.3) is 0 Å². The topological polar surface area (TPSA) is 106 Å². The maximum Gasteiger partial charge on any atom is 0.223 e. The van der Waals surface area contributed by atoms with E-state index in [1.807, 2.05) is 19.3 Å². The first kappa shape index (κ1) is 17.5. The van der Waals surface area contributed by atoms with Crippen molar-refractivity contribution in [1.82, 2.24) is 19.9 Å². The predicted molar refractivity (Wildman–Crippen MR) is 98.7 cm³/mol. The normalized spacial score (nSPS) is 17.4. The number of hydrogen-bond acceptors (Lipinski definition) is 5. The third-order valence-electron chi connectivity index (χ3n) is 4.35. The maximum absolute atomic E-state index is 8.30. The highest BCUT2D eigenvalue weighted by molar-refractivity contribution is 6.32. The third-order valence-corrected chi connectivity index (χ3v) is 4.63. The molecule has 0 aliphatic carbocycles. The van der Waals surface area contributed by atoms with Crippen molar-refractivity contribution in [2.24, 2.45) is 5.11 Å². The second-order valence-electron chi connectivity index (χ2n) is 6.18. The van der Waals surface area contributed by atoms with Gasteiger partial charge >= 0.3 is 0 Å². The minimum atomic E-state index is 0.306. The first-order valence-electron chi connectivity index (χ1n) is 8.33. The number of azide groups is 1. The van der Waals surface area contributed by atoms with Crippen molar-refractivity contribution in [3.05, 3.63) is 39.6 Å². The van der Waals surface area contributed by atoms with Crippen molar-refractivity contribution < 1.29 is 0 Å². The summed E-state index contributed by atoms with van der Waals surface area (Å²) >= 11 is 6.27. The third kappa shape index (κ3) is 4.42. The summed E-state index contributed by atoms with van der Waals surface area (Å²) < 4.78 is 0. The van der Waals surface area contributed by atoms with Crippen molar-refractivity contribution >= 4 is 17.5 Å². The Bertz CT molecular complexity index is 767. The number of nitrogens with zero attached hydrogens (tertiary/aromatic N) is 6. The molecule has 0 saturated carbocycles. The van der Waals surface area contributed by atoms with Gasteiger partial charge in [-0.25, -0.2) is 9.97 Å². The average Bonchev–Trinajstić information content (AvgIpc) is 3.22. The van der Waals surface area contributed by atoms with E-state index in [4.69, 9.17) is 17.1 Å². The number of likely N-dealkylation sites (tertiary alicyclic amines) is 1. The zero-order chi connectivity index (χ0) is 17.6. The van der Waals surface area contributed by atoms with Gasteiger partial charge < -0.3 is 15.2 Å². The number of H-pyrrole nitrogens is 1. The van der Waals surface area contributed by atoms with E-state index in [1.54, 1.807) is 6.20 Å². The van der Waals surface area contributed by atoms with Crippen molar-refractivity contribution in [3.63, 3.8) is 0 Å². The van der Waals surface area contributed by atoms with Gasteiger partial charge in [0.2, 0.25) is 5.95 Å². The lowest BCUT2D eigenvalue weighted by atomic mass is 10.1. The molecule has 1 atom stereocenters. The van der Waals surface area contributed by atoms with E-state index in [9.17, 15) is 0 Å². The lowest BCUT2D eigenvalue weighted by molar-refractivity contribution is 0.333. The van der Waals surface area contributed by atoms with Gasteiger partial charge in [0.05, 0.1) is 16.9 Å². The maximum atomic E-state index is 8.30. The molecule has 0 spiro atoms. The fourth-order valence-corrected chi connectivity index (χ4v) is 3.26. The van der Waals surface area contributed by atoms with Crippen molar-refractivity contribution in [2.45, 2.75) is 25.8 Å². The fourth-order valence-electron chi connectivity index (χ4n) is 3.07. The molecule has 0 bridgehead atoms. The SMILES string of the molecule is Cc1c[nH]cc1-c1nc(N[C@@H]2CCN(CCCN=[N+]=[N-])C2)ncc1Cl. The molecule has 132 valence electrons. The molecule has 1 saturated heterocycles. The van der Waals surface area contributed by atoms with E-state index in [1.165, 1.54) is 0 Å². The summed E-state index contributed by atoms with van der Waals surface area (Å²) in [6, 6.07) is 0.306. The second kappa shape index (κ2) is 8.20. The molecule has 0 unspecified atom stereocenters. The monoisotopic (exact) mass is 360 g/mol. The van der Waals surface area contributed by atoms with Crippen LogP contribution in [0, 0.1) is 6.92 Å². The molecule has 3 rings (SSSR count). The number of nitrogens with one attached hydrogen (secondary N) is 2. The summed E-state index contributed by atoms with van der Waals surface area (Å²) in [7, 11) is 0. The first-order chi connectivity index (χ1) is 12.2. The molecule has 25 heavy (non-hydrogen) atoms. The Kier molecular flexibility index (Phi) is 5.75. The van der Waals surface area contributed by atoms with Gasteiger partial charge in [0.1, 0.15) is 0 Å². The highest BCUT2D eigenvalue weighted by Crippen LogP contribution is 2.28. The summed E-state index contributed by atoms with van der Waals surface area (Å²) in [5.74, 6) is 0.598. The Morgan fingerprint density at radius 2 is 2.40 bits per heavy atom. The molecule has 2 aromatic rings. The van der Waals surface area contributed by atoms with Crippen LogP contribution in [-0.2, 0) is 0 Å². The predicted octanol–water partition coefficient (Wildman–Crippen LogP) is 3.62. The Labute approximate surface area is 151 Å². The van der Waals surface area contributed by atoms with E-state index in [0.29, 0.717) is 23.6 Å². The summed E-state index contributed by atoms with van der Waals surface area (Å²) in [6.07, 6.45) is 7.38. The van der Waals surface area contributed by atoms with E-state index >= 15 is 0 Å². The minimum Gasteiger partial charge on any atom is -0.367 e. The molecule has 2 N–H and O–H groups in total. The van der Waals surface area contributed by atoms with Crippen LogP contribution in [0.25, 0.3) is 21.7 Å². The Balaban J connectivity index is 1.60. The molecular weight excluding hydrogens is 340 g/mol. The minimum absolute atomic E-state index is 0.306. The van der Waals surface area contributed by atoms with Crippen LogP contribution in [0.2, 0.25) is 5.02 Å². The lowest BCUT2D eigenvalue weighted by Gasteiger charge is -2.16. The number of aromatic amines is 1. The van der Waals surface area contributed by atoms with Gasteiger partial charge in [-0.15, -0.1) is 0 Å². The Morgan fingerprint density at radius 3 is 3.16 bits per heavy atom. The quantitative estimate of drug-likeness (QED) is 0.340. The summed E-state index contributed by atoms with van der Waals surface area (Å²) in [6.45, 7) is 5.45. The zero-order valence-electron chi connectivity index (χ0n) is 14.1. The molecule has 2 aromatic heterocycles. The fraction of sp³-hybridized carbons (Fsp3) is 0.500. The lowest BCUT2D eigenvalue weighted by Crippen LogP contribution is -2.28. The van der Waals surface area contributed by atoms with Gasteiger partial charge in [-0.3, -0.25) is 0 Å². The molecule has 0 radical (unpaired) electrons. The van der Waals surface area contributed by atoms with Crippen molar-refractivity contribution in [3.8, 4) is 11.3 Å². The van der Waals surface area contributed by atoms with Crippen molar-refractivity contribution in [1.29, 1.82) is 0 Å². The van der Waals surface area contributed by atoms with Crippen LogP contribution in [0.4, 0.5) is 5.95 Å². The Morgan fingerprint density at radius 1 is 1.52 bits per heavy atom. The molecule has 9 heteroatoms. The highest BCUT2D eigenvalue weighted by atomic mass is 35.5. The average molecular weight is 361 g/mol. The number of anilines is 1. The van der Waals surface area contributed by atoms with Crippen LogP contribution in [0.3, 0.4) is 0 Å². The van der Waals surface area contributed by atoms with E-state index < -0.39 is 0 Å². The molecule has 3 heterocycles. The highest BCUT2D eigenvalue weighted by Gasteiger charge is 2.23. The molecule has 1 fully saturated rings. The van der Waals surface area contributed by atoms with Crippen molar-refractivity contribution in [2.75, 3.05) is 31.5 Å². The summed E-state index contributed by atoms with van der Waals surface area (Å²) in [5, 5.41) is 7.52. The summed E-state index contributed by atoms with van der Waals surface area (Å²) in [5.41, 5.74) is 11.1. The molecular formula is C16H21ClN8. The molecule has 8 nitrogen and oxygen atoms in total. The molecule has 1 aliphatic heterocycles. The Hall–Kier alpha value is -2.28. The van der Waals surface area contributed by atoms with Gasteiger partial charge in [0, 0.05) is 48.5 Å². The smallest absolute Gasteiger partial charge is 0.223 e. The largest absolute Gasteiger partial charge is 0.367 e. The number of halogens is 1. The molecule has 0 aromatic carbocycles. The van der Waals surface area contributed by atoms with Gasteiger partial charge in [-0.2, -0.15) is 0 Å². The van der Waals surface area contributed by atoms with Gasteiger partial charge in [-0.1, -0.05) is 16.7 Å². The van der Waals surface area contributed by atoms with Crippen LogP contribution in [0.5, 0.6) is 0 Å². The number of hydrogen-bond donors (Lipinski definition) is 2. The van der Waals surface area contributed by atoms with Crippen LogP contribution in [0.15, 0.2) is 23.7 Å². The van der Waals surface area contributed by atoms with Crippen LogP contribution in [-0.4, -0.2) is 52.1 Å². The van der Waals surface area contributed by atoms with Crippen LogP contribution >= 0.6 is 11.6 Å². The first-order valence-corrected chi connectivity index (χ1v) is 8.71. The number of aromatic nitrogens is 3. The molecule has 1 aliphatic rings. The van der Waals surface area contributed by atoms with E-state index in [0.717, 1.165) is 49.3 Å². The zero-order valence-corrected chi connectivity index (χ0v) is 14.9. The van der Waals surface area contributed by atoms with E-state index in [-0.39, 0.29) is 0 Å². The van der Waals surface area contributed by atoms with Gasteiger partial charge in [0.15, 0.2) is 0 Å². The number of rotatable bonds is 7. The number of aryl methyl sites for hydroxylation is 1. The van der Waals surface area contributed by atoms with Crippen LogP contribution < -0.4 is 5.32 Å². The van der Waals surface area contributed by atoms with Crippen LogP contribution in [0.1, 0.15) is 18.4 Å². The van der Waals surface area contributed by atoms with E-state index in [2.05, 4.69) is 35.2 Å². The standard InChI is InChI=1S/C16H21ClN8/c1-11-7-19-8-13(11)15-14(17)9-20-16(23-15)22-12-3-6-25(10-12)5-2-4-21-24-18/h7-9,12,19H,2-6,10H2,1H3,(H,20,22,23)/t12-/m1/s1. The molecule has 0 amide bonds.